The molecule has 89 heavy (non-hydrogen) atoms. The Labute approximate surface area is 523 Å². The van der Waals surface area contributed by atoms with Crippen molar-refractivity contribution in [2.45, 2.75) is 118 Å². The van der Waals surface area contributed by atoms with E-state index in [2.05, 4.69) is 31.5 Å². The number of nitrogens with zero attached hydrogens (tertiary/aromatic N) is 4. The van der Waals surface area contributed by atoms with Crippen molar-refractivity contribution in [3.05, 3.63) is 213 Å². The Kier molecular flexibility index (Phi) is 21.4. The van der Waals surface area contributed by atoms with Crippen molar-refractivity contribution in [1.29, 1.82) is 0 Å². The number of amides is 4. The molecule has 0 bridgehead atoms. The molecule has 2 saturated carbocycles. The first-order valence-electron chi connectivity index (χ1n) is 29.3. The van der Waals surface area contributed by atoms with Crippen LogP contribution in [0.4, 0.5) is 41.1 Å². The van der Waals surface area contributed by atoms with E-state index in [0.29, 0.717) is 71.3 Å². The van der Waals surface area contributed by atoms with Crippen molar-refractivity contribution in [3.8, 4) is 11.4 Å². The third-order valence-electron chi connectivity index (χ3n) is 14.0. The number of anilines is 4. The molecule has 2 aliphatic rings. The fourth-order valence-corrected chi connectivity index (χ4v) is 9.52. The quantitative estimate of drug-likeness (QED) is 0.0391. The number of nitrogens with one attached hydrogen (secondary N) is 4. The first-order chi connectivity index (χ1) is 41.9. The number of carbonyl (C=O) groups excluding carboxylic acids is 4. The minimum absolute atomic E-state index is 0. The summed E-state index contributed by atoms with van der Waals surface area (Å²) in [5.41, 5.74) is 19.3. The van der Waals surface area contributed by atoms with E-state index in [4.69, 9.17) is 30.4 Å². The molecule has 2 aliphatic carbocycles. The van der Waals surface area contributed by atoms with Crippen LogP contribution in [0, 0.1) is 37.3 Å². The number of aromatic nitrogens is 4. The van der Waals surface area contributed by atoms with Crippen LogP contribution >= 0.6 is 12.4 Å². The Bertz CT molecular complexity index is 3810. The second-order valence-corrected chi connectivity index (χ2v) is 24.2. The molecule has 8 aromatic rings. The topological polar surface area (TPSA) is 241 Å². The summed E-state index contributed by atoms with van der Waals surface area (Å²) >= 11 is 0. The van der Waals surface area contributed by atoms with E-state index < -0.39 is 59.0 Å². The SMILES string of the molecule is Cc1cc(C(=O)Nc2cc(C(OCC3CC3)c3cccc(N)c3)ccc2F)n(-c2cccc(CN)c2)n1.Cc1cc(C(=O)Nc2cc(C(OCC3CC3)c3cccc(NC(=O)OC(C)(C)C)c3)ccc2F)n(-c2cccc(CNC(=O)OC(C)(C)C)c2)n1.Cl. The predicted octanol–water partition coefficient (Wildman–Crippen LogP) is 14.0. The Morgan fingerprint density at radius 3 is 1.49 bits per heavy atom. The van der Waals surface area contributed by atoms with Gasteiger partial charge in [0.05, 0.1) is 47.4 Å². The molecule has 8 N–H and O–H groups in total. The van der Waals surface area contributed by atoms with Crippen LogP contribution in [0.15, 0.2) is 146 Å². The van der Waals surface area contributed by atoms with Crippen LogP contribution in [0.2, 0.25) is 0 Å². The molecule has 18 nitrogen and oxygen atoms in total. The number of nitrogens with two attached hydrogens (primary N) is 2. The smallest absolute Gasteiger partial charge is 0.412 e. The van der Waals surface area contributed by atoms with Crippen LogP contribution < -0.4 is 32.7 Å². The Hall–Kier alpha value is -8.95. The monoisotopic (exact) mass is 1230 g/mol. The zero-order valence-electron chi connectivity index (χ0n) is 51.2. The van der Waals surface area contributed by atoms with Gasteiger partial charge in [-0.2, -0.15) is 10.2 Å². The molecule has 2 atom stereocenters. The van der Waals surface area contributed by atoms with E-state index in [-0.39, 0.29) is 41.7 Å². The van der Waals surface area contributed by atoms with Crippen LogP contribution in [0.25, 0.3) is 11.4 Å². The summed E-state index contributed by atoms with van der Waals surface area (Å²) in [4.78, 5) is 51.7. The zero-order valence-corrected chi connectivity index (χ0v) is 52.0. The third kappa shape index (κ3) is 18.8. The summed E-state index contributed by atoms with van der Waals surface area (Å²) in [5.74, 6) is -1.21. The highest BCUT2D eigenvalue weighted by Crippen LogP contribution is 2.37. The molecule has 0 saturated heterocycles. The fourth-order valence-electron chi connectivity index (χ4n) is 9.52. The molecule has 0 radical (unpaired) electrons. The Morgan fingerprint density at radius 1 is 0.562 bits per heavy atom. The molecule has 10 rings (SSSR count). The molecule has 21 heteroatoms. The maximum absolute atomic E-state index is 15.3. The predicted molar refractivity (Wildman–Crippen MR) is 342 cm³/mol. The zero-order chi connectivity index (χ0) is 62.9. The van der Waals surface area contributed by atoms with Gasteiger partial charge in [-0.3, -0.25) is 14.9 Å². The van der Waals surface area contributed by atoms with Gasteiger partial charge >= 0.3 is 12.2 Å². The number of alkyl carbamates (subject to hydrolysis) is 1. The first kappa shape index (κ1) is 66.0. The molecular formula is C68H77ClF2N10O8. The van der Waals surface area contributed by atoms with Gasteiger partial charge in [0.15, 0.2) is 0 Å². The van der Waals surface area contributed by atoms with E-state index in [1.165, 1.54) is 16.8 Å². The lowest BCUT2D eigenvalue weighted by Gasteiger charge is -2.22. The number of halogens is 3. The highest BCUT2D eigenvalue weighted by Gasteiger charge is 2.29. The first-order valence-corrected chi connectivity index (χ1v) is 29.3. The van der Waals surface area contributed by atoms with Gasteiger partial charge in [0, 0.05) is 24.5 Å². The van der Waals surface area contributed by atoms with Crippen LogP contribution in [0.3, 0.4) is 0 Å². The van der Waals surface area contributed by atoms with E-state index in [1.807, 2.05) is 60.7 Å². The van der Waals surface area contributed by atoms with Gasteiger partial charge in [-0.1, -0.05) is 60.7 Å². The van der Waals surface area contributed by atoms with Crippen molar-refractivity contribution in [2.75, 3.05) is 34.9 Å². The average molecular weight is 1240 g/mol. The minimum atomic E-state index is -0.659. The summed E-state index contributed by atoms with van der Waals surface area (Å²) < 4.78 is 56.6. The number of benzene rings is 6. The van der Waals surface area contributed by atoms with Crippen molar-refractivity contribution in [2.24, 2.45) is 17.6 Å². The summed E-state index contributed by atoms with van der Waals surface area (Å²) in [6.45, 7) is 16.0. The van der Waals surface area contributed by atoms with Gasteiger partial charge in [-0.25, -0.2) is 27.7 Å². The fraction of sp³-hybridized carbons (Fsp3) is 0.324. The summed E-state index contributed by atoms with van der Waals surface area (Å²) in [6.07, 6.45) is 2.28. The summed E-state index contributed by atoms with van der Waals surface area (Å²) in [7, 11) is 0. The van der Waals surface area contributed by atoms with Crippen molar-refractivity contribution in [1.82, 2.24) is 24.9 Å². The van der Waals surface area contributed by atoms with Gasteiger partial charge in [-0.15, -0.1) is 12.4 Å². The lowest BCUT2D eigenvalue weighted by Crippen LogP contribution is -2.32. The second kappa shape index (κ2) is 28.9. The van der Waals surface area contributed by atoms with Crippen molar-refractivity contribution in [3.63, 3.8) is 0 Å². The number of aryl methyl sites for hydroxylation is 2. The summed E-state index contributed by atoms with van der Waals surface area (Å²) in [5, 5.41) is 20.0. The van der Waals surface area contributed by atoms with E-state index in [0.717, 1.165) is 53.5 Å². The van der Waals surface area contributed by atoms with Gasteiger partial charge in [-0.05, 0) is 211 Å². The molecule has 2 fully saturated rings. The van der Waals surface area contributed by atoms with E-state index in [1.54, 1.807) is 133 Å². The van der Waals surface area contributed by atoms with Gasteiger partial charge in [0.2, 0.25) is 0 Å². The molecule has 468 valence electrons. The third-order valence-corrected chi connectivity index (χ3v) is 14.0. The maximum atomic E-state index is 15.3. The number of hydrogen-bond donors (Lipinski definition) is 6. The molecule has 2 unspecified atom stereocenters. The van der Waals surface area contributed by atoms with Gasteiger partial charge in [0.25, 0.3) is 11.8 Å². The van der Waals surface area contributed by atoms with Crippen molar-refractivity contribution >= 4 is 59.2 Å². The van der Waals surface area contributed by atoms with E-state index >= 15 is 4.39 Å². The van der Waals surface area contributed by atoms with Gasteiger partial charge in [0.1, 0.15) is 46.4 Å². The number of carbonyl (C=O) groups is 4. The molecule has 0 spiro atoms. The Balaban J connectivity index is 0.000000238. The number of ether oxygens (including phenoxy) is 4. The van der Waals surface area contributed by atoms with E-state index in [9.17, 15) is 23.6 Å². The maximum Gasteiger partial charge on any atom is 0.412 e. The molecular weight excluding hydrogens is 1160 g/mol. The minimum Gasteiger partial charge on any atom is -0.444 e. The molecule has 2 heterocycles. The molecule has 2 aromatic heterocycles. The lowest BCUT2D eigenvalue weighted by molar-refractivity contribution is 0.0522. The molecule has 4 amide bonds. The normalized spacial score (nSPS) is 13.6. The molecule has 6 aromatic carbocycles. The Morgan fingerprint density at radius 2 is 1.01 bits per heavy atom. The number of nitrogen functional groups attached to an aromatic ring is 1. The lowest BCUT2D eigenvalue weighted by atomic mass is 10.00. The largest absolute Gasteiger partial charge is 0.444 e. The number of hydrogen-bond acceptors (Lipinski definition) is 12. The van der Waals surface area contributed by atoms with Crippen LogP contribution in [-0.2, 0) is 32.0 Å². The van der Waals surface area contributed by atoms with Crippen molar-refractivity contribution < 1.29 is 46.9 Å². The van der Waals surface area contributed by atoms with Crippen LogP contribution in [-0.4, -0.2) is 68.0 Å². The standard InChI is InChI=1S/C39H46FN5O6.C29H30FN5O2.ClH/c1-24-18-33(45(44-24)30-13-8-10-26(19-30)22-41-36(47)50-38(2,3)4)35(46)43-32-21-28(16-17-31(32)40)34(49-23-25-14-15-25)27-11-9-12-29(20-27)42-37(48)51-39(5,6)7;1-18-12-27(35(34-18)24-7-2-4-20(13-24)16-31)29(36)33-26-15-22(10-11-25(26)30)28(37-17-19-8-9-19)21-5-3-6-23(32)14-21;/h8-13,16-21,25,34H,14-15,22-23H2,1-7H3,(H,41,47)(H,42,48)(H,43,46);2-7,10-15,19,28H,8-9,16-17,31-32H2,1H3,(H,33,36);1H. The molecule has 0 aliphatic heterocycles. The van der Waals surface area contributed by atoms with Crippen LogP contribution in [0.1, 0.15) is 145 Å². The highest BCUT2D eigenvalue weighted by atomic mass is 35.5. The summed E-state index contributed by atoms with van der Waals surface area (Å²) in [6, 6.07) is 41.8. The second-order valence-electron chi connectivity index (χ2n) is 24.2. The number of rotatable bonds is 20. The van der Waals surface area contributed by atoms with Gasteiger partial charge < -0.3 is 46.4 Å². The average Bonchev–Trinajstić information content (AvgIpc) is 2.22. The van der Waals surface area contributed by atoms with Crippen LogP contribution in [0.5, 0.6) is 0 Å². The highest BCUT2D eigenvalue weighted by molar-refractivity contribution is 6.04.